The second-order valence-corrected chi connectivity index (χ2v) is 4.57. The van der Waals surface area contributed by atoms with Crippen LogP contribution < -0.4 is 0 Å². The van der Waals surface area contributed by atoms with Gasteiger partial charge in [-0.15, -0.1) is 0 Å². The van der Waals surface area contributed by atoms with Crippen LogP contribution in [0.3, 0.4) is 0 Å². The molecule has 17 heavy (non-hydrogen) atoms. The molecule has 0 bridgehead atoms. The number of H-pyrrole nitrogens is 1. The number of nitrogens with one attached hydrogen (secondary N) is 1. The van der Waals surface area contributed by atoms with Gasteiger partial charge in [-0.2, -0.15) is 0 Å². The van der Waals surface area contributed by atoms with E-state index < -0.39 is 0 Å². The zero-order valence-electron chi connectivity index (χ0n) is 10.7. The third-order valence-electron chi connectivity index (χ3n) is 3.51. The normalized spacial score (nSPS) is 12.9. The zero-order chi connectivity index (χ0) is 12.4. The van der Waals surface area contributed by atoms with E-state index in [1.54, 1.807) is 0 Å². The van der Waals surface area contributed by atoms with Crippen LogP contribution in [0.5, 0.6) is 0 Å². The summed E-state index contributed by atoms with van der Waals surface area (Å²) in [5.74, 6) is 0.339. The summed E-state index contributed by atoms with van der Waals surface area (Å²) in [4.78, 5) is 15.5. The van der Waals surface area contributed by atoms with Crippen molar-refractivity contribution in [3.63, 3.8) is 0 Å². The van der Waals surface area contributed by atoms with Crippen LogP contribution in [-0.4, -0.2) is 10.8 Å². The first-order chi connectivity index (χ1) is 8.19. The number of aromatic amines is 1. The molecule has 90 valence electrons. The molecule has 1 atom stereocenters. The van der Waals surface area contributed by atoms with Gasteiger partial charge in [-0.1, -0.05) is 39.0 Å². The fraction of sp³-hybridized carbons (Fsp3) is 0.400. The van der Waals surface area contributed by atoms with Gasteiger partial charge >= 0.3 is 0 Å². The Morgan fingerprint density at radius 2 is 2.12 bits per heavy atom. The van der Waals surface area contributed by atoms with Gasteiger partial charge in [0, 0.05) is 28.6 Å². The average molecular weight is 229 g/mol. The van der Waals surface area contributed by atoms with E-state index in [0.29, 0.717) is 0 Å². The molecule has 2 aromatic rings. The summed E-state index contributed by atoms with van der Waals surface area (Å²) >= 11 is 0. The Bertz CT molecular complexity index is 539. The van der Waals surface area contributed by atoms with Crippen molar-refractivity contribution < 1.29 is 4.79 Å². The van der Waals surface area contributed by atoms with Crippen LogP contribution in [0.2, 0.25) is 0 Å². The van der Waals surface area contributed by atoms with Crippen LogP contribution in [0, 0.1) is 5.92 Å². The highest BCUT2D eigenvalue weighted by Crippen LogP contribution is 2.24. The minimum atomic E-state index is 0.0966. The SMILES string of the molecule is CCc1cccc2c(C(=O)[C@H](C)CC)c[nH]c12. The predicted molar refractivity (Wildman–Crippen MR) is 71.5 cm³/mol. The molecule has 2 heteroatoms. The number of benzene rings is 1. The summed E-state index contributed by atoms with van der Waals surface area (Å²) in [6.07, 6.45) is 3.73. The quantitative estimate of drug-likeness (QED) is 0.791. The number of ketones is 1. The molecule has 0 saturated carbocycles. The van der Waals surface area contributed by atoms with Crippen molar-refractivity contribution in [1.29, 1.82) is 0 Å². The highest BCUT2D eigenvalue weighted by Gasteiger charge is 2.17. The fourth-order valence-electron chi connectivity index (χ4n) is 2.17. The topological polar surface area (TPSA) is 32.9 Å². The second-order valence-electron chi connectivity index (χ2n) is 4.57. The lowest BCUT2D eigenvalue weighted by Crippen LogP contribution is -2.09. The molecule has 0 saturated heterocycles. The minimum Gasteiger partial charge on any atom is -0.360 e. The molecule has 0 spiro atoms. The standard InChI is InChI=1S/C15H19NO/c1-4-10(3)15(17)13-9-16-14-11(5-2)7-6-8-12(13)14/h6-10,16H,4-5H2,1-3H3/t10-/m1/s1. The van der Waals surface area contributed by atoms with Crippen molar-refractivity contribution >= 4 is 16.7 Å². The Morgan fingerprint density at radius 1 is 1.35 bits per heavy atom. The number of aromatic nitrogens is 1. The fourth-order valence-corrected chi connectivity index (χ4v) is 2.17. The molecule has 2 nitrogen and oxygen atoms in total. The number of hydrogen-bond donors (Lipinski definition) is 1. The van der Waals surface area contributed by atoms with Crippen LogP contribution in [0.25, 0.3) is 10.9 Å². The van der Waals surface area contributed by atoms with Crippen molar-refractivity contribution in [2.24, 2.45) is 5.92 Å². The minimum absolute atomic E-state index is 0.0966. The van der Waals surface area contributed by atoms with Gasteiger partial charge < -0.3 is 4.98 Å². The van der Waals surface area contributed by atoms with E-state index >= 15 is 0 Å². The lowest BCUT2D eigenvalue weighted by molar-refractivity contribution is 0.0929. The lowest BCUT2D eigenvalue weighted by atomic mass is 9.96. The van der Waals surface area contributed by atoms with E-state index in [-0.39, 0.29) is 11.7 Å². The summed E-state index contributed by atoms with van der Waals surface area (Å²) in [5, 5.41) is 1.06. The number of carbonyl (C=O) groups excluding carboxylic acids is 1. The summed E-state index contributed by atoms with van der Waals surface area (Å²) in [6.45, 7) is 6.17. The van der Waals surface area contributed by atoms with Crippen molar-refractivity contribution in [2.75, 3.05) is 0 Å². The van der Waals surface area contributed by atoms with Crippen molar-refractivity contribution in [2.45, 2.75) is 33.6 Å². The van der Waals surface area contributed by atoms with Gasteiger partial charge in [-0.3, -0.25) is 4.79 Å². The van der Waals surface area contributed by atoms with Crippen molar-refractivity contribution in [3.8, 4) is 0 Å². The first-order valence-corrected chi connectivity index (χ1v) is 6.32. The Kier molecular flexibility index (Phi) is 3.32. The second kappa shape index (κ2) is 4.74. The smallest absolute Gasteiger partial charge is 0.167 e. The van der Waals surface area contributed by atoms with Gasteiger partial charge in [0.15, 0.2) is 5.78 Å². The predicted octanol–water partition coefficient (Wildman–Crippen LogP) is 3.96. The Balaban J connectivity index is 2.54. The van der Waals surface area contributed by atoms with E-state index in [9.17, 15) is 4.79 Å². The maximum Gasteiger partial charge on any atom is 0.167 e. The van der Waals surface area contributed by atoms with Gasteiger partial charge in [0.1, 0.15) is 0 Å². The molecule has 0 radical (unpaired) electrons. The van der Waals surface area contributed by atoms with E-state index in [1.807, 2.05) is 25.3 Å². The molecule has 0 unspecified atom stereocenters. The molecule has 0 fully saturated rings. The van der Waals surface area contributed by atoms with Crippen LogP contribution in [-0.2, 0) is 6.42 Å². The molecule has 1 heterocycles. The monoisotopic (exact) mass is 229 g/mol. The van der Waals surface area contributed by atoms with Gasteiger partial charge in [0.25, 0.3) is 0 Å². The molecule has 1 aromatic heterocycles. The zero-order valence-corrected chi connectivity index (χ0v) is 10.7. The third kappa shape index (κ3) is 1.99. The molecule has 1 N–H and O–H groups in total. The molecule has 0 amide bonds. The van der Waals surface area contributed by atoms with Gasteiger partial charge in [-0.05, 0) is 18.4 Å². The number of para-hydroxylation sites is 1. The Labute approximate surface area is 102 Å². The largest absolute Gasteiger partial charge is 0.360 e. The van der Waals surface area contributed by atoms with Crippen molar-refractivity contribution in [1.82, 2.24) is 4.98 Å². The van der Waals surface area contributed by atoms with Gasteiger partial charge in [0.2, 0.25) is 0 Å². The van der Waals surface area contributed by atoms with Gasteiger partial charge in [0.05, 0.1) is 0 Å². The number of Topliss-reactive ketones (excluding diaryl/α,β-unsaturated/α-hetero) is 1. The molecular formula is C15H19NO. The van der Waals surface area contributed by atoms with E-state index in [2.05, 4.69) is 24.9 Å². The highest BCUT2D eigenvalue weighted by molar-refractivity contribution is 6.09. The Morgan fingerprint density at radius 3 is 2.76 bits per heavy atom. The highest BCUT2D eigenvalue weighted by atomic mass is 16.1. The number of hydrogen-bond acceptors (Lipinski definition) is 1. The molecule has 0 aliphatic carbocycles. The Hall–Kier alpha value is -1.57. The van der Waals surface area contributed by atoms with Gasteiger partial charge in [-0.25, -0.2) is 0 Å². The summed E-state index contributed by atoms with van der Waals surface area (Å²) in [7, 11) is 0. The van der Waals surface area contributed by atoms with Crippen LogP contribution >= 0.6 is 0 Å². The summed E-state index contributed by atoms with van der Waals surface area (Å²) < 4.78 is 0. The molecule has 2 rings (SSSR count). The molecular weight excluding hydrogens is 210 g/mol. The van der Waals surface area contributed by atoms with E-state index in [0.717, 1.165) is 29.3 Å². The number of fused-ring (bicyclic) bond motifs is 1. The molecule has 0 aliphatic heterocycles. The lowest BCUT2D eigenvalue weighted by Gasteiger charge is -2.06. The third-order valence-corrected chi connectivity index (χ3v) is 3.51. The molecule has 0 aliphatic rings. The average Bonchev–Trinajstić information content (AvgIpc) is 2.80. The van der Waals surface area contributed by atoms with Crippen LogP contribution in [0.1, 0.15) is 43.1 Å². The number of carbonyl (C=O) groups is 1. The summed E-state index contributed by atoms with van der Waals surface area (Å²) in [5.41, 5.74) is 3.22. The van der Waals surface area contributed by atoms with E-state index in [1.165, 1.54) is 5.56 Å². The maximum absolute atomic E-state index is 12.2. The van der Waals surface area contributed by atoms with Crippen molar-refractivity contribution in [3.05, 3.63) is 35.5 Å². The van der Waals surface area contributed by atoms with E-state index in [4.69, 9.17) is 0 Å². The number of rotatable bonds is 4. The van der Waals surface area contributed by atoms with Crippen LogP contribution in [0.15, 0.2) is 24.4 Å². The molecule has 1 aromatic carbocycles. The maximum atomic E-state index is 12.2. The summed E-state index contributed by atoms with van der Waals surface area (Å²) in [6, 6.07) is 6.17. The first-order valence-electron chi connectivity index (χ1n) is 6.32. The van der Waals surface area contributed by atoms with Crippen LogP contribution in [0.4, 0.5) is 0 Å². The number of aryl methyl sites for hydroxylation is 1. The first kappa shape index (κ1) is 11.9.